The molecular weight excluding hydrogens is 192 g/mol. The Balaban J connectivity index is 3.05. The van der Waals surface area contributed by atoms with Gasteiger partial charge in [0.25, 0.3) is 0 Å². The van der Waals surface area contributed by atoms with E-state index in [9.17, 15) is 8.78 Å². The van der Waals surface area contributed by atoms with Crippen molar-refractivity contribution < 1.29 is 18.7 Å². The largest absolute Gasteiger partial charge is 0.380 e. The lowest BCUT2D eigenvalue weighted by Gasteiger charge is -2.07. The van der Waals surface area contributed by atoms with Crippen LogP contribution in [0.5, 0.6) is 0 Å². The van der Waals surface area contributed by atoms with Gasteiger partial charge in [-0.2, -0.15) is 0 Å². The molecule has 0 aliphatic heterocycles. The van der Waals surface area contributed by atoms with Crippen LogP contribution in [0.2, 0.25) is 0 Å². The summed E-state index contributed by atoms with van der Waals surface area (Å²) < 4.78 is 31.2. The number of hydrogen-bond donors (Lipinski definition) is 2. The average molecular weight is 203 g/mol. The van der Waals surface area contributed by atoms with Crippen molar-refractivity contribution in [3.8, 4) is 0 Å². The van der Waals surface area contributed by atoms with Gasteiger partial charge in [0.1, 0.15) is 11.6 Å². The lowest BCUT2D eigenvalue weighted by atomic mass is 10.1. The SMILES string of the molecule is COCc1ccc(F)c(CNO)c1F. The lowest BCUT2D eigenvalue weighted by molar-refractivity contribution is 0.157. The van der Waals surface area contributed by atoms with E-state index in [0.29, 0.717) is 0 Å². The van der Waals surface area contributed by atoms with E-state index in [1.807, 2.05) is 0 Å². The summed E-state index contributed by atoms with van der Waals surface area (Å²) in [5.74, 6) is -1.38. The molecule has 0 bridgehead atoms. The summed E-state index contributed by atoms with van der Waals surface area (Å²) in [6.45, 7) is -0.195. The molecule has 0 radical (unpaired) electrons. The van der Waals surface area contributed by atoms with Crippen LogP contribution in [-0.2, 0) is 17.9 Å². The van der Waals surface area contributed by atoms with E-state index in [0.717, 1.165) is 6.07 Å². The summed E-state index contributed by atoms with van der Waals surface area (Å²) in [4.78, 5) is 0. The molecular formula is C9H11F2NO2. The third-order valence-electron chi connectivity index (χ3n) is 1.82. The van der Waals surface area contributed by atoms with Crippen LogP contribution in [0.25, 0.3) is 0 Å². The normalized spacial score (nSPS) is 10.6. The second-order valence-corrected chi connectivity index (χ2v) is 2.77. The molecule has 0 aromatic heterocycles. The van der Waals surface area contributed by atoms with Crippen LogP contribution < -0.4 is 5.48 Å². The van der Waals surface area contributed by atoms with Gasteiger partial charge in [-0.05, 0) is 6.07 Å². The molecule has 0 amide bonds. The Labute approximate surface area is 80.3 Å². The van der Waals surface area contributed by atoms with Crippen molar-refractivity contribution in [2.24, 2.45) is 0 Å². The highest BCUT2D eigenvalue weighted by atomic mass is 19.1. The predicted octanol–water partition coefficient (Wildman–Crippen LogP) is 1.59. The Morgan fingerprint density at radius 2 is 2.14 bits per heavy atom. The van der Waals surface area contributed by atoms with Crippen LogP contribution in [0.3, 0.4) is 0 Å². The highest BCUT2D eigenvalue weighted by Gasteiger charge is 2.12. The fourth-order valence-corrected chi connectivity index (χ4v) is 1.15. The van der Waals surface area contributed by atoms with Crippen molar-refractivity contribution in [3.05, 3.63) is 34.9 Å². The first kappa shape index (κ1) is 11.0. The summed E-state index contributed by atoms with van der Waals surface area (Å²) in [6, 6.07) is 2.46. The molecule has 0 atom stereocenters. The van der Waals surface area contributed by atoms with Crippen LogP contribution in [0.1, 0.15) is 11.1 Å². The van der Waals surface area contributed by atoms with Gasteiger partial charge in [0.05, 0.1) is 13.2 Å². The monoisotopic (exact) mass is 203 g/mol. The molecule has 0 heterocycles. The maximum absolute atomic E-state index is 13.4. The van der Waals surface area contributed by atoms with Crippen LogP contribution >= 0.6 is 0 Å². The molecule has 1 aromatic carbocycles. The van der Waals surface area contributed by atoms with Gasteiger partial charge in [-0.1, -0.05) is 6.07 Å². The highest BCUT2D eigenvalue weighted by molar-refractivity contribution is 5.27. The van der Waals surface area contributed by atoms with Gasteiger partial charge >= 0.3 is 0 Å². The fraction of sp³-hybridized carbons (Fsp3) is 0.333. The summed E-state index contributed by atoms with van der Waals surface area (Å²) >= 11 is 0. The van der Waals surface area contributed by atoms with Gasteiger partial charge < -0.3 is 9.94 Å². The zero-order chi connectivity index (χ0) is 10.6. The van der Waals surface area contributed by atoms with E-state index in [1.54, 1.807) is 5.48 Å². The molecule has 1 rings (SSSR count). The van der Waals surface area contributed by atoms with Gasteiger partial charge in [-0.15, -0.1) is 0 Å². The van der Waals surface area contributed by atoms with Crippen molar-refractivity contribution in [2.45, 2.75) is 13.2 Å². The summed E-state index contributed by atoms with van der Waals surface area (Å²) in [5.41, 5.74) is 1.78. The summed E-state index contributed by atoms with van der Waals surface area (Å²) in [5, 5.41) is 8.37. The fourth-order valence-electron chi connectivity index (χ4n) is 1.15. The molecule has 14 heavy (non-hydrogen) atoms. The van der Waals surface area contributed by atoms with Gasteiger partial charge in [-0.25, -0.2) is 14.3 Å². The molecule has 0 aliphatic rings. The van der Waals surface area contributed by atoms with Crippen molar-refractivity contribution >= 4 is 0 Å². The average Bonchev–Trinajstić information content (AvgIpc) is 2.17. The van der Waals surface area contributed by atoms with E-state index in [1.165, 1.54) is 13.2 Å². The summed E-state index contributed by atoms with van der Waals surface area (Å²) in [6.07, 6.45) is 0. The molecule has 0 fully saturated rings. The number of rotatable bonds is 4. The molecule has 2 N–H and O–H groups in total. The number of hydrogen-bond acceptors (Lipinski definition) is 3. The van der Waals surface area contributed by atoms with Gasteiger partial charge in [0.15, 0.2) is 0 Å². The first-order chi connectivity index (χ1) is 6.70. The van der Waals surface area contributed by atoms with Crippen LogP contribution in [0.15, 0.2) is 12.1 Å². The minimum atomic E-state index is -0.691. The van der Waals surface area contributed by atoms with E-state index in [2.05, 4.69) is 0 Å². The minimum absolute atomic E-state index is 0.0740. The molecule has 0 saturated heterocycles. The summed E-state index contributed by atoms with van der Waals surface area (Å²) in [7, 11) is 1.42. The van der Waals surface area contributed by atoms with E-state index >= 15 is 0 Å². The third-order valence-corrected chi connectivity index (χ3v) is 1.82. The van der Waals surface area contributed by atoms with E-state index in [-0.39, 0.29) is 24.3 Å². The topological polar surface area (TPSA) is 41.5 Å². The first-order valence-corrected chi connectivity index (χ1v) is 4.02. The van der Waals surface area contributed by atoms with Gasteiger partial charge in [-0.3, -0.25) is 0 Å². The van der Waals surface area contributed by atoms with Crippen LogP contribution in [0, 0.1) is 11.6 Å². The Kier molecular flexibility index (Phi) is 3.94. The molecule has 78 valence electrons. The first-order valence-electron chi connectivity index (χ1n) is 4.02. The van der Waals surface area contributed by atoms with E-state index in [4.69, 9.17) is 9.94 Å². The number of halogens is 2. The van der Waals surface area contributed by atoms with Crippen molar-refractivity contribution in [3.63, 3.8) is 0 Å². The predicted molar refractivity (Wildman–Crippen MR) is 45.7 cm³/mol. The number of nitrogens with one attached hydrogen (secondary N) is 1. The molecule has 1 aromatic rings. The Bertz CT molecular complexity index is 318. The lowest BCUT2D eigenvalue weighted by Crippen LogP contribution is -2.11. The zero-order valence-electron chi connectivity index (χ0n) is 7.68. The number of benzene rings is 1. The number of methoxy groups -OCH3 is 1. The van der Waals surface area contributed by atoms with Crippen molar-refractivity contribution in [1.82, 2.24) is 5.48 Å². The van der Waals surface area contributed by atoms with Crippen molar-refractivity contribution in [2.75, 3.05) is 7.11 Å². The second-order valence-electron chi connectivity index (χ2n) is 2.77. The molecule has 5 heteroatoms. The highest BCUT2D eigenvalue weighted by Crippen LogP contribution is 2.17. The van der Waals surface area contributed by atoms with Crippen molar-refractivity contribution in [1.29, 1.82) is 0 Å². The quantitative estimate of drug-likeness (QED) is 0.730. The third kappa shape index (κ3) is 2.25. The zero-order valence-corrected chi connectivity index (χ0v) is 7.68. The number of hydroxylamine groups is 1. The molecule has 0 spiro atoms. The Hall–Kier alpha value is -1.04. The van der Waals surface area contributed by atoms with E-state index < -0.39 is 11.6 Å². The van der Waals surface area contributed by atoms with Gasteiger partial charge in [0.2, 0.25) is 0 Å². The molecule has 3 nitrogen and oxygen atoms in total. The van der Waals surface area contributed by atoms with Crippen LogP contribution in [0.4, 0.5) is 8.78 Å². The number of ether oxygens (including phenoxy) is 1. The smallest absolute Gasteiger partial charge is 0.136 e. The second kappa shape index (κ2) is 4.99. The Morgan fingerprint density at radius 1 is 1.43 bits per heavy atom. The molecule has 0 saturated carbocycles. The minimum Gasteiger partial charge on any atom is -0.380 e. The van der Waals surface area contributed by atoms with Crippen LogP contribution in [-0.4, -0.2) is 12.3 Å². The molecule has 0 aliphatic carbocycles. The maximum atomic E-state index is 13.4. The molecule has 0 unspecified atom stereocenters. The van der Waals surface area contributed by atoms with Gasteiger partial charge in [0, 0.05) is 18.2 Å². The maximum Gasteiger partial charge on any atom is 0.136 e. The standard InChI is InChI=1S/C9H11F2NO2/c1-14-5-6-2-3-8(10)7(4-12-13)9(6)11/h2-3,12-13H,4-5H2,1H3. The Morgan fingerprint density at radius 3 is 2.71 bits per heavy atom.